The second-order valence-corrected chi connectivity index (χ2v) is 9.93. The number of fused-ring (bicyclic) bond motifs is 1. The van der Waals surface area contributed by atoms with Crippen molar-refractivity contribution in [1.82, 2.24) is 9.88 Å². The number of piperidine rings is 1. The quantitative estimate of drug-likeness (QED) is 0.280. The number of aliphatic hydroxyl groups excluding tert-OH is 2. The van der Waals surface area contributed by atoms with Crippen molar-refractivity contribution in [3.63, 3.8) is 0 Å². The first-order valence-electron chi connectivity index (χ1n) is 12.5. The SMILES string of the molecule is COc1ccc2ncc(F)c([C@@H](O)CCC3(CO)CCN(CCCc4cc(F)c(F)c(F)c4)CC3)c2c1. The molecule has 0 saturated carbocycles. The summed E-state index contributed by atoms with van der Waals surface area (Å²) in [6, 6.07) is 7.17. The molecule has 0 bridgehead atoms. The fraction of sp³-hybridized carbons (Fsp3) is 0.464. The maximum atomic E-state index is 14.7. The van der Waals surface area contributed by atoms with Crippen LogP contribution < -0.4 is 4.74 Å². The largest absolute Gasteiger partial charge is 0.497 e. The Morgan fingerprint density at radius 1 is 1.05 bits per heavy atom. The molecule has 1 aliphatic rings. The molecule has 1 fully saturated rings. The van der Waals surface area contributed by atoms with Gasteiger partial charge in [0.25, 0.3) is 0 Å². The molecule has 37 heavy (non-hydrogen) atoms. The molecular formula is C28H32F4N2O3. The van der Waals surface area contributed by atoms with Crippen molar-refractivity contribution in [1.29, 1.82) is 0 Å². The molecular weight excluding hydrogens is 488 g/mol. The first kappa shape index (κ1) is 27.3. The standard InChI is InChI=1S/C28H32F4N2O3/c1-37-19-4-5-24-20(15-19)26(23(31)16-33-24)25(36)6-7-28(17-35)8-11-34(12-9-28)10-2-3-18-13-21(29)27(32)22(30)14-18/h4-5,13-16,25,35-36H,2-3,6-12,17H2,1H3/t25-/m0/s1. The van der Waals surface area contributed by atoms with E-state index in [2.05, 4.69) is 9.88 Å². The van der Waals surface area contributed by atoms with Gasteiger partial charge in [0.15, 0.2) is 17.5 Å². The Bertz CT molecular complexity index is 1210. The van der Waals surface area contributed by atoms with Gasteiger partial charge in [-0.2, -0.15) is 0 Å². The lowest BCUT2D eigenvalue weighted by Gasteiger charge is -2.41. The topological polar surface area (TPSA) is 65.8 Å². The molecule has 1 aromatic heterocycles. The van der Waals surface area contributed by atoms with E-state index in [1.54, 1.807) is 18.2 Å². The minimum Gasteiger partial charge on any atom is -0.497 e. The summed E-state index contributed by atoms with van der Waals surface area (Å²) in [5, 5.41) is 21.7. The summed E-state index contributed by atoms with van der Waals surface area (Å²) in [5.74, 6) is -3.85. The second kappa shape index (κ2) is 11.8. The third-order valence-electron chi connectivity index (χ3n) is 7.59. The summed E-state index contributed by atoms with van der Waals surface area (Å²) in [7, 11) is 1.52. The van der Waals surface area contributed by atoms with Crippen molar-refractivity contribution in [2.45, 2.75) is 44.6 Å². The van der Waals surface area contributed by atoms with Crippen LogP contribution in [0.3, 0.4) is 0 Å². The van der Waals surface area contributed by atoms with Crippen molar-refractivity contribution in [2.24, 2.45) is 5.41 Å². The van der Waals surface area contributed by atoms with Gasteiger partial charge in [-0.1, -0.05) is 0 Å². The number of benzene rings is 2. The summed E-state index contributed by atoms with van der Waals surface area (Å²) in [5.41, 5.74) is 0.786. The maximum absolute atomic E-state index is 14.7. The summed E-state index contributed by atoms with van der Waals surface area (Å²) in [6.45, 7) is 2.13. The van der Waals surface area contributed by atoms with Crippen LogP contribution in [0.25, 0.3) is 10.9 Å². The molecule has 0 aliphatic carbocycles. The Kier molecular flexibility index (Phi) is 8.67. The second-order valence-electron chi connectivity index (χ2n) is 9.93. The van der Waals surface area contributed by atoms with Gasteiger partial charge in [0.05, 0.1) is 24.9 Å². The van der Waals surface area contributed by atoms with Gasteiger partial charge in [-0.15, -0.1) is 0 Å². The lowest BCUT2D eigenvalue weighted by Crippen LogP contribution is -2.42. The van der Waals surface area contributed by atoms with Gasteiger partial charge in [0.1, 0.15) is 11.6 Å². The number of rotatable bonds is 10. The predicted molar refractivity (Wildman–Crippen MR) is 132 cm³/mol. The van der Waals surface area contributed by atoms with Crippen LogP contribution in [-0.2, 0) is 6.42 Å². The van der Waals surface area contributed by atoms with E-state index in [-0.39, 0.29) is 24.0 Å². The molecule has 0 unspecified atom stereocenters. The van der Waals surface area contributed by atoms with E-state index >= 15 is 0 Å². The molecule has 0 spiro atoms. The Morgan fingerprint density at radius 3 is 2.41 bits per heavy atom. The number of aliphatic hydroxyl groups is 2. The predicted octanol–water partition coefficient (Wildman–Crippen LogP) is 5.32. The first-order valence-corrected chi connectivity index (χ1v) is 12.5. The molecule has 2 heterocycles. The van der Waals surface area contributed by atoms with E-state index in [9.17, 15) is 27.8 Å². The molecule has 1 aliphatic heterocycles. The summed E-state index contributed by atoms with van der Waals surface area (Å²) in [4.78, 5) is 6.33. The van der Waals surface area contributed by atoms with Crippen molar-refractivity contribution in [3.8, 4) is 5.75 Å². The van der Waals surface area contributed by atoms with E-state index in [1.165, 1.54) is 7.11 Å². The van der Waals surface area contributed by atoms with E-state index in [4.69, 9.17) is 4.74 Å². The monoisotopic (exact) mass is 520 g/mol. The highest BCUT2D eigenvalue weighted by Crippen LogP contribution is 2.39. The third kappa shape index (κ3) is 6.22. The van der Waals surface area contributed by atoms with Crippen molar-refractivity contribution < 1.29 is 32.5 Å². The summed E-state index contributed by atoms with van der Waals surface area (Å²) in [6.07, 6.45) is 3.38. The summed E-state index contributed by atoms with van der Waals surface area (Å²) < 4.78 is 60.0. The van der Waals surface area contributed by atoms with Crippen LogP contribution in [0.4, 0.5) is 17.6 Å². The molecule has 5 nitrogen and oxygen atoms in total. The Morgan fingerprint density at radius 2 is 1.76 bits per heavy atom. The molecule has 9 heteroatoms. The van der Waals surface area contributed by atoms with Crippen LogP contribution in [-0.4, -0.2) is 53.4 Å². The van der Waals surface area contributed by atoms with Gasteiger partial charge in [-0.3, -0.25) is 4.98 Å². The van der Waals surface area contributed by atoms with Crippen LogP contribution in [0.2, 0.25) is 0 Å². The number of hydrogen-bond acceptors (Lipinski definition) is 5. The van der Waals surface area contributed by atoms with Gasteiger partial charge < -0.3 is 19.8 Å². The average molecular weight is 521 g/mol. The average Bonchev–Trinajstić information content (AvgIpc) is 2.90. The zero-order valence-corrected chi connectivity index (χ0v) is 20.8. The maximum Gasteiger partial charge on any atom is 0.194 e. The fourth-order valence-electron chi connectivity index (χ4n) is 5.22. The van der Waals surface area contributed by atoms with Crippen LogP contribution in [0, 0.1) is 28.7 Å². The highest BCUT2D eigenvalue weighted by atomic mass is 19.2. The molecule has 1 saturated heterocycles. The lowest BCUT2D eigenvalue weighted by atomic mass is 9.74. The number of nitrogens with zero attached hydrogens (tertiary/aromatic N) is 2. The number of methoxy groups -OCH3 is 1. The molecule has 0 amide bonds. The highest BCUT2D eigenvalue weighted by molar-refractivity contribution is 5.84. The Labute approximate surface area is 213 Å². The van der Waals surface area contributed by atoms with Gasteiger partial charge in [-0.05, 0) is 99.5 Å². The van der Waals surface area contributed by atoms with E-state index in [1.807, 2.05) is 0 Å². The van der Waals surface area contributed by atoms with Crippen LogP contribution in [0.5, 0.6) is 5.75 Å². The zero-order valence-electron chi connectivity index (χ0n) is 20.8. The molecule has 4 rings (SSSR count). The minimum atomic E-state index is -1.45. The minimum absolute atomic E-state index is 0.0326. The number of halogens is 4. The Hall–Kier alpha value is -2.75. The smallest absolute Gasteiger partial charge is 0.194 e. The zero-order chi connectivity index (χ0) is 26.6. The fourth-order valence-corrected chi connectivity index (χ4v) is 5.22. The van der Waals surface area contributed by atoms with Crippen molar-refractivity contribution >= 4 is 10.9 Å². The lowest BCUT2D eigenvalue weighted by molar-refractivity contribution is 0.0231. The van der Waals surface area contributed by atoms with Gasteiger partial charge >= 0.3 is 0 Å². The third-order valence-corrected chi connectivity index (χ3v) is 7.59. The molecule has 1 atom stereocenters. The molecule has 2 N–H and O–H groups in total. The Balaban J connectivity index is 1.32. The van der Waals surface area contributed by atoms with Gasteiger partial charge in [-0.25, -0.2) is 17.6 Å². The van der Waals surface area contributed by atoms with Crippen molar-refractivity contribution in [3.05, 3.63) is 70.9 Å². The van der Waals surface area contributed by atoms with Gasteiger partial charge in [0.2, 0.25) is 0 Å². The number of aryl methyl sites for hydroxylation is 1. The van der Waals surface area contributed by atoms with Crippen LogP contribution in [0.15, 0.2) is 36.5 Å². The first-order chi connectivity index (χ1) is 17.7. The normalized spacial score (nSPS) is 16.7. The van der Waals surface area contributed by atoms with Crippen LogP contribution in [0.1, 0.15) is 49.3 Å². The van der Waals surface area contributed by atoms with Gasteiger partial charge in [0, 0.05) is 17.6 Å². The molecule has 200 valence electrons. The van der Waals surface area contributed by atoms with E-state index in [0.29, 0.717) is 60.9 Å². The molecule has 3 aromatic rings. The van der Waals surface area contributed by atoms with E-state index < -0.39 is 29.4 Å². The number of likely N-dealkylation sites (tertiary alicyclic amines) is 1. The van der Waals surface area contributed by atoms with Crippen molar-refractivity contribution in [2.75, 3.05) is 33.4 Å². The highest BCUT2D eigenvalue weighted by Gasteiger charge is 2.34. The number of aromatic nitrogens is 1. The molecule has 2 aromatic carbocycles. The van der Waals surface area contributed by atoms with Crippen LogP contribution >= 0.6 is 0 Å². The number of ether oxygens (including phenoxy) is 1. The molecule has 0 radical (unpaired) electrons. The number of hydrogen-bond donors (Lipinski definition) is 2. The number of pyridine rings is 1. The van der Waals surface area contributed by atoms with E-state index in [0.717, 1.165) is 31.4 Å². The summed E-state index contributed by atoms with van der Waals surface area (Å²) >= 11 is 0.